The molecule has 0 aliphatic carbocycles. The molecule has 0 bridgehead atoms. The van der Waals surface area contributed by atoms with Gasteiger partial charge in [-0.2, -0.15) is 22.0 Å². The number of thioether (sulfide) groups is 1. The fourth-order valence-corrected chi connectivity index (χ4v) is 7.34. The lowest BCUT2D eigenvalue weighted by molar-refractivity contribution is -0.284. The maximum Gasteiger partial charge on any atom is 0.453 e. The van der Waals surface area contributed by atoms with Crippen molar-refractivity contribution in [2.75, 3.05) is 5.75 Å². The maximum atomic E-state index is 13.1. The van der Waals surface area contributed by atoms with Crippen LogP contribution in [0, 0.1) is 5.92 Å². The van der Waals surface area contributed by atoms with Gasteiger partial charge in [0.1, 0.15) is 11.5 Å². The first-order valence-corrected chi connectivity index (χ1v) is 15.7. The van der Waals surface area contributed by atoms with Crippen LogP contribution < -0.4 is 0 Å². The highest BCUT2D eigenvalue weighted by Gasteiger charge is 2.56. The number of carboxylic acid groups (broad SMARTS) is 1. The van der Waals surface area contributed by atoms with Crippen molar-refractivity contribution in [2.45, 2.75) is 112 Å². The van der Waals surface area contributed by atoms with Gasteiger partial charge in [0.25, 0.3) is 0 Å². The zero-order chi connectivity index (χ0) is 31.0. The minimum absolute atomic E-state index is 0.133. The number of unbranched alkanes of at least 4 members (excludes halogenated alkanes) is 6. The van der Waals surface area contributed by atoms with Crippen LogP contribution in [0.3, 0.4) is 0 Å². The Morgan fingerprint density at radius 3 is 2.07 bits per heavy atom. The molecule has 2 aromatic carbocycles. The van der Waals surface area contributed by atoms with Crippen LogP contribution in [0.4, 0.5) is 22.0 Å². The predicted molar refractivity (Wildman–Crippen MR) is 155 cm³/mol. The number of fused-ring (bicyclic) bond motifs is 1. The number of benzene rings is 2. The van der Waals surface area contributed by atoms with Crippen LogP contribution in [0.15, 0.2) is 47.4 Å². The normalized spacial score (nSPS) is 19.8. The number of hydrogen-bond donors (Lipinski definition) is 3. The molecule has 0 saturated carbocycles. The van der Waals surface area contributed by atoms with Crippen molar-refractivity contribution in [3.05, 3.63) is 53.6 Å². The summed E-state index contributed by atoms with van der Waals surface area (Å²) >= 11 is 1.74. The van der Waals surface area contributed by atoms with Gasteiger partial charge in [-0.1, -0.05) is 70.1 Å². The zero-order valence-electron chi connectivity index (χ0n) is 23.9. The number of phenols is 2. The number of carboxylic acids is 1. The van der Waals surface area contributed by atoms with E-state index in [0.717, 1.165) is 55.6 Å². The van der Waals surface area contributed by atoms with Gasteiger partial charge >= 0.3 is 18.1 Å². The predicted octanol–water partition coefficient (Wildman–Crippen LogP) is 9.82. The van der Waals surface area contributed by atoms with Crippen LogP contribution in [0.2, 0.25) is 0 Å². The Morgan fingerprint density at radius 1 is 0.881 bits per heavy atom. The topological polar surface area (TPSA) is 77.8 Å². The van der Waals surface area contributed by atoms with Gasteiger partial charge in [0.2, 0.25) is 0 Å². The van der Waals surface area contributed by atoms with E-state index in [0.29, 0.717) is 6.42 Å². The summed E-state index contributed by atoms with van der Waals surface area (Å²) in [5, 5.41) is 29.1. The van der Waals surface area contributed by atoms with Gasteiger partial charge in [-0.05, 0) is 67.0 Å². The molecule has 0 radical (unpaired) electrons. The molecule has 0 aromatic heterocycles. The summed E-state index contributed by atoms with van der Waals surface area (Å²) in [6, 6.07) is 13.0. The van der Waals surface area contributed by atoms with E-state index >= 15 is 0 Å². The smallest absolute Gasteiger partial charge is 0.453 e. The van der Waals surface area contributed by atoms with E-state index in [-0.39, 0.29) is 35.7 Å². The third-order valence-corrected chi connectivity index (χ3v) is 9.96. The molecular weight excluding hydrogens is 575 g/mol. The van der Waals surface area contributed by atoms with Crippen molar-refractivity contribution in [1.82, 2.24) is 0 Å². The number of carbonyl (C=O) groups is 1. The number of phenolic OH excluding ortho intramolecular Hbond substituents is 2. The Labute approximate surface area is 248 Å². The van der Waals surface area contributed by atoms with Gasteiger partial charge in [-0.25, -0.2) is 0 Å². The van der Waals surface area contributed by atoms with Crippen LogP contribution in [0.1, 0.15) is 101 Å². The molecular formula is C32H41F5O4S. The summed E-state index contributed by atoms with van der Waals surface area (Å²) in [5.41, 5.74) is 2.27. The minimum Gasteiger partial charge on any atom is -0.508 e. The molecule has 1 unspecified atom stereocenters. The van der Waals surface area contributed by atoms with Crippen LogP contribution in [-0.4, -0.2) is 39.1 Å². The number of hydrogen-bond acceptors (Lipinski definition) is 4. The molecule has 10 heteroatoms. The largest absolute Gasteiger partial charge is 0.508 e. The van der Waals surface area contributed by atoms with E-state index in [1.54, 1.807) is 30.0 Å². The molecule has 1 heterocycles. The lowest BCUT2D eigenvalue weighted by Crippen LogP contribution is -2.36. The summed E-state index contributed by atoms with van der Waals surface area (Å²) < 4.78 is 63.1. The quantitative estimate of drug-likeness (QED) is 0.129. The monoisotopic (exact) mass is 616 g/mol. The fraction of sp³-hybridized carbons (Fsp3) is 0.594. The Bertz CT molecular complexity index is 1150. The Morgan fingerprint density at radius 2 is 1.45 bits per heavy atom. The number of alkyl halides is 5. The number of rotatable bonds is 16. The van der Waals surface area contributed by atoms with Crippen molar-refractivity contribution >= 4 is 17.7 Å². The van der Waals surface area contributed by atoms with E-state index in [4.69, 9.17) is 0 Å². The summed E-state index contributed by atoms with van der Waals surface area (Å²) in [4.78, 5) is 12.5. The van der Waals surface area contributed by atoms with Gasteiger partial charge in [0.15, 0.2) is 0 Å². The van der Waals surface area contributed by atoms with Gasteiger partial charge < -0.3 is 15.3 Å². The van der Waals surface area contributed by atoms with Gasteiger partial charge in [-0.3, -0.25) is 4.79 Å². The molecule has 1 aliphatic rings. The summed E-state index contributed by atoms with van der Waals surface area (Å²) in [6.45, 7) is 2.26. The first-order valence-electron chi connectivity index (χ1n) is 14.7. The Balaban J connectivity index is 1.41. The number of aromatic hydroxyl groups is 2. The molecule has 0 spiro atoms. The number of aliphatic carboxylic acids is 1. The summed E-state index contributed by atoms with van der Waals surface area (Å²) in [6.07, 6.45) is -0.0611. The molecule has 3 atom stereocenters. The fourth-order valence-electron chi connectivity index (χ4n) is 5.93. The van der Waals surface area contributed by atoms with Crippen LogP contribution in [0.5, 0.6) is 11.5 Å². The molecule has 0 amide bonds. The average molecular weight is 617 g/mol. The Hall–Kier alpha value is -2.49. The molecule has 0 fully saturated rings. The third kappa shape index (κ3) is 9.01. The van der Waals surface area contributed by atoms with E-state index in [9.17, 15) is 42.1 Å². The van der Waals surface area contributed by atoms with E-state index in [2.05, 4.69) is 6.92 Å². The SMILES string of the molecule is C[C@@]1(c2ccc(O)cc2)CSc2cc(O)ccc2[C@@H]1CCCCCCCCCC(CCCC(F)(F)C(F)(F)F)C(=O)O. The van der Waals surface area contributed by atoms with Crippen molar-refractivity contribution in [3.63, 3.8) is 0 Å². The van der Waals surface area contributed by atoms with E-state index in [1.807, 2.05) is 24.3 Å². The molecule has 0 saturated heterocycles. The van der Waals surface area contributed by atoms with Crippen molar-refractivity contribution in [1.29, 1.82) is 0 Å². The van der Waals surface area contributed by atoms with E-state index in [1.165, 1.54) is 11.1 Å². The van der Waals surface area contributed by atoms with Crippen molar-refractivity contribution < 1.29 is 42.1 Å². The molecule has 4 nitrogen and oxygen atoms in total. The lowest BCUT2D eigenvalue weighted by atomic mass is 9.68. The van der Waals surface area contributed by atoms with Crippen LogP contribution >= 0.6 is 11.8 Å². The molecule has 3 rings (SSSR count). The summed E-state index contributed by atoms with van der Waals surface area (Å²) in [5.74, 6) is -5.24. The third-order valence-electron chi connectivity index (χ3n) is 8.55. The minimum atomic E-state index is -5.61. The first kappa shape index (κ1) is 34.0. The van der Waals surface area contributed by atoms with E-state index < -0.39 is 36.8 Å². The first-order chi connectivity index (χ1) is 19.7. The highest BCUT2D eigenvalue weighted by Crippen LogP contribution is 2.52. The molecule has 234 valence electrons. The average Bonchev–Trinajstić information content (AvgIpc) is 2.91. The second-order valence-electron chi connectivity index (χ2n) is 11.7. The maximum absolute atomic E-state index is 13.1. The van der Waals surface area contributed by atoms with Crippen LogP contribution in [-0.2, 0) is 10.2 Å². The Kier molecular flexibility index (Phi) is 12.0. The second-order valence-corrected chi connectivity index (χ2v) is 12.7. The summed E-state index contributed by atoms with van der Waals surface area (Å²) in [7, 11) is 0. The van der Waals surface area contributed by atoms with Crippen molar-refractivity contribution in [2.24, 2.45) is 5.92 Å². The molecule has 2 aromatic rings. The van der Waals surface area contributed by atoms with Gasteiger partial charge in [-0.15, -0.1) is 11.8 Å². The number of halogens is 5. The lowest BCUT2D eigenvalue weighted by Gasteiger charge is -2.43. The molecule has 1 aliphatic heterocycles. The second kappa shape index (κ2) is 14.8. The highest BCUT2D eigenvalue weighted by molar-refractivity contribution is 7.99. The molecule has 3 N–H and O–H groups in total. The zero-order valence-corrected chi connectivity index (χ0v) is 24.8. The van der Waals surface area contributed by atoms with Gasteiger partial charge in [0, 0.05) is 22.5 Å². The van der Waals surface area contributed by atoms with Crippen molar-refractivity contribution in [3.8, 4) is 11.5 Å². The molecule has 42 heavy (non-hydrogen) atoms. The van der Waals surface area contributed by atoms with Crippen LogP contribution in [0.25, 0.3) is 0 Å². The highest BCUT2D eigenvalue weighted by atomic mass is 32.2. The van der Waals surface area contributed by atoms with Gasteiger partial charge in [0.05, 0.1) is 5.92 Å². The standard InChI is InChI=1S/C32H41F5O4S/c1-30(23-13-15-24(38)16-14-23)21-42-28-20-25(39)17-18-26(28)27(30)12-8-6-4-2-3-5-7-10-22(29(40)41)11-9-19-31(33,34)32(35,36)37/h13-18,20,22,27,38-39H,2-12,19,21H2,1H3,(H,40,41)/t22?,27-,30-/m0/s1.